The van der Waals surface area contributed by atoms with Crippen LogP contribution in [0.3, 0.4) is 0 Å². The molecule has 2 amide bonds. The quantitative estimate of drug-likeness (QED) is 0.912. The van der Waals surface area contributed by atoms with Gasteiger partial charge in [0, 0.05) is 42.5 Å². The van der Waals surface area contributed by atoms with Gasteiger partial charge in [0.25, 0.3) is 11.8 Å². The number of hydrogen-bond acceptors (Lipinski definition) is 3. The zero-order valence-electron chi connectivity index (χ0n) is 15.6. The van der Waals surface area contributed by atoms with Crippen LogP contribution >= 0.6 is 0 Å². The first-order chi connectivity index (χ1) is 13.1. The van der Waals surface area contributed by atoms with Crippen LogP contribution < -0.4 is 10.2 Å². The van der Waals surface area contributed by atoms with Gasteiger partial charge in [-0.2, -0.15) is 0 Å². The standard InChI is InChI=1S/C22H25N3O2/c1-24(18-8-3-2-4-9-18)21(26)16-6-5-7-17(14-16)22(27)25-19-10-11-20(25)15-23-13-12-19/h2-9,14,19-20,23H,10-13,15H2,1H3. The minimum absolute atomic E-state index is 0.0446. The zero-order valence-corrected chi connectivity index (χ0v) is 15.6. The number of hydrogen-bond donors (Lipinski definition) is 1. The van der Waals surface area contributed by atoms with Crippen molar-refractivity contribution in [3.63, 3.8) is 0 Å². The van der Waals surface area contributed by atoms with Crippen LogP contribution in [0.15, 0.2) is 54.6 Å². The summed E-state index contributed by atoms with van der Waals surface area (Å²) >= 11 is 0. The molecule has 0 aromatic heterocycles. The van der Waals surface area contributed by atoms with Crippen molar-refractivity contribution in [3.8, 4) is 0 Å². The van der Waals surface area contributed by atoms with Crippen LogP contribution in [0.4, 0.5) is 5.69 Å². The summed E-state index contributed by atoms with van der Waals surface area (Å²) in [7, 11) is 1.76. The van der Waals surface area contributed by atoms with E-state index >= 15 is 0 Å². The van der Waals surface area contributed by atoms with Gasteiger partial charge in [0.15, 0.2) is 0 Å². The van der Waals surface area contributed by atoms with Crippen LogP contribution in [0, 0.1) is 0 Å². The van der Waals surface area contributed by atoms with Gasteiger partial charge in [0.05, 0.1) is 0 Å². The van der Waals surface area contributed by atoms with E-state index < -0.39 is 0 Å². The predicted molar refractivity (Wildman–Crippen MR) is 106 cm³/mol. The van der Waals surface area contributed by atoms with E-state index in [4.69, 9.17) is 0 Å². The van der Waals surface area contributed by atoms with Crippen LogP contribution in [-0.4, -0.2) is 48.9 Å². The van der Waals surface area contributed by atoms with Crippen molar-refractivity contribution in [2.24, 2.45) is 0 Å². The first-order valence-corrected chi connectivity index (χ1v) is 9.61. The largest absolute Gasteiger partial charge is 0.331 e. The van der Waals surface area contributed by atoms with Gasteiger partial charge in [-0.05, 0) is 56.1 Å². The smallest absolute Gasteiger partial charge is 0.258 e. The van der Waals surface area contributed by atoms with Crippen LogP contribution in [0.1, 0.15) is 40.0 Å². The minimum atomic E-state index is -0.114. The number of nitrogens with zero attached hydrogens (tertiary/aromatic N) is 2. The maximum absolute atomic E-state index is 13.2. The molecule has 140 valence electrons. The molecule has 2 bridgehead atoms. The number of benzene rings is 2. The molecule has 2 aromatic rings. The fourth-order valence-corrected chi connectivity index (χ4v) is 4.21. The summed E-state index contributed by atoms with van der Waals surface area (Å²) in [5.41, 5.74) is 1.96. The molecule has 1 N–H and O–H groups in total. The number of carbonyl (C=O) groups is 2. The maximum Gasteiger partial charge on any atom is 0.258 e. The van der Waals surface area contributed by atoms with Crippen molar-refractivity contribution >= 4 is 17.5 Å². The third-order valence-electron chi connectivity index (χ3n) is 5.69. The van der Waals surface area contributed by atoms with Crippen LogP contribution in [0.5, 0.6) is 0 Å². The van der Waals surface area contributed by atoms with E-state index in [-0.39, 0.29) is 17.9 Å². The molecule has 2 heterocycles. The third kappa shape index (κ3) is 3.47. The Morgan fingerprint density at radius 2 is 1.70 bits per heavy atom. The molecule has 0 radical (unpaired) electrons. The van der Waals surface area contributed by atoms with Crippen molar-refractivity contribution in [1.82, 2.24) is 10.2 Å². The topological polar surface area (TPSA) is 52.7 Å². The average molecular weight is 363 g/mol. The minimum Gasteiger partial charge on any atom is -0.331 e. The SMILES string of the molecule is CN(C(=O)c1cccc(C(=O)N2C3CCNCC2CC3)c1)c1ccccc1. The zero-order chi connectivity index (χ0) is 18.8. The molecular weight excluding hydrogens is 338 g/mol. The van der Waals surface area contributed by atoms with Crippen LogP contribution in [-0.2, 0) is 0 Å². The summed E-state index contributed by atoms with van der Waals surface area (Å²) in [5, 5.41) is 3.42. The molecule has 2 aliphatic heterocycles. The molecule has 2 saturated heterocycles. The molecular formula is C22H25N3O2. The third-order valence-corrected chi connectivity index (χ3v) is 5.69. The Hall–Kier alpha value is -2.66. The van der Waals surface area contributed by atoms with Crippen LogP contribution in [0.25, 0.3) is 0 Å². The molecule has 0 aliphatic carbocycles. The van der Waals surface area contributed by atoms with Crippen LogP contribution in [0.2, 0.25) is 0 Å². The second-order valence-electron chi connectivity index (χ2n) is 7.37. The van der Waals surface area contributed by atoms with Crippen molar-refractivity contribution in [1.29, 1.82) is 0 Å². The van der Waals surface area contributed by atoms with Crippen molar-refractivity contribution < 1.29 is 9.59 Å². The molecule has 27 heavy (non-hydrogen) atoms. The monoisotopic (exact) mass is 363 g/mol. The van der Waals surface area contributed by atoms with E-state index in [1.54, 1.807) is 30.1 Å². The Bertz CT molecular complexity index is 822. The number of fused-ring (bicyclic) bond motifs is 2. The lowest BCUT2D eigenvalue weighted by atomic mass is 10.1. The van der Waals surface area contributed by atoms with Gasteiger partial charge in [0.2, 0.25) is 0 Å². The Balaban J connectivity index is 1.57. The Labute approximate surface area is 160 Å². The number of anilines is 1. The molecule has 2 fully saturated rings. The summed E-state index contributed by atoms with van der Waals surface area (Å²) in [6.07, 6.45) is 3.13. The Morgan fingerprint density at radius 3 is 2.52 bits per heavy atom. The van der Waals surface area contributed by atoms with E-state index in [1.807, 2.05) is 41.3 Å². The fraction of sp³-hybridized carbons (Fsp3) is 0.364. The summed E-state index contributed by atoms with van der Waals surface area (Å²) in [4.78, 5) is 29.7. The van der Waals surface area contributed by atoms with Crippen molar-refractivity contribution in [2.75, 3.05) is 25.0 Å². The summed E-state index contributed by atoms with van der Waals surface area (Å²) in [6, 6.07) is 17.2. The molecule has 0 saturated carbocycles. The second-order valence-corrected chi connectivity index (χ2v) is 7.37. The maximum atomic E-state index is 13.2. The Kier molecular flexibility index (Phi) is 4.94. The highest BCUT2D eigenvalue weighted by Crippen LogP contribution is 2.29. The summed E-state index contributed by atoms with van der Waals surface area (Å²) in [6.45, 7) is 1.82. The first-order valence-electron chi connectivity index (χ1n) is 9.61. The molecule has 0 spiro atoms. The van der Waals surface area contributed by atoms with Gasteiger partial charge >= 0.3 is 0 Å². The van der Waals surface area contributed by atoms with E-state index in [9.17, 15) is 9.59 Å². The number of amides is 2. The number of para-hydroxylation sites is 1. The van der Waals surface area contributed by atoms with E-state index in [1.165, 1.54) is 0 Å². The summed E-state index contributed by atoms with van der Waals surface area (Å²) < 4.78 is 0. The fourth-order valence-electron chi connectivity index (χ4n) is 4.21. The van der Waals surface area contributed by atoms with Crippen molar-refractivity contribution in [2.45, 2.75) is 31.3 Å². The average Bonchev–Trinajstić information content (AvgIpc) is 2.99. The van der Waals surface area contributed by atoms with Gasteiger partial charge < -0.3 is 15.1 Å². The highest BCUT2D eigenvalue weighted by Gasteiger charge is 2.38. The van der Waals surface area contributed by atoms with E-state index in [2.05, 4.69) is 5.32 Å². The first kappa shape index (κ1) is 17.7. The number of rotatable bonds is 3. The summed E-state index contributed by atoms with van der Waals surface area (Å²) in [5.74, 6) is -0.0698. The molecule has 2 unspecified atom stereocenters. The lowest BCUT2D eigenvalue weighted by molar-refractivity contribution is 0.0680. The Morgan fingerprint density at radius 1 is 0.963 bits per heavy atom. The molecule has 2 aromatic carbocycles. The number of carbonyl (C=O) groups excluding carboxylic acids is 2. The van der Waals surface area contributed by atoms with Gasteiger partial charge in [-0.3, -0.25) is 9.59 Å². The predicted octanol–water partition coefficient (Wildman–Crippen LogP) is 2.93. The van der Waals surface area contributed by atoms with Gasteiger partial charge in [-0.15, -0.1) is 0 Å². The van der Waals surface area contributed by atoms with Gasteiger partial charge in [-0.1, -0.05) is 24.3 Å². The van der Waals surface area contributed by atoms with Gasteiger partial charge in [0.1, 0.15) is 0 Å². The molecule has 2 atom stereocenters. The lowest BCUT2D eigenvalue weighted by Gasteiger charge is -2.28. The lowest BCUT2D eigenvalue weighted by Crippen LogP contribution is -2.42. The highest BCUT2D eigenvalue weighted by molar-refractivity contribution is 6.07. The molecule has 5 nitrogen and oxygen atoms in total. The van der Waals surface area contributed by atoms with Crippen molar-refractivity contribution in [3.05, 3.63) is 65.7 Å². The van der Waals surface area contributed by atoms with E-state index in [0.29, 0.717) is 17.2 Å². The highest BCUT2D eigenvalue weighted by atomic mass is 16.2. The molecule has 2 aliphatic rings. The number of nitrogens with one attached hydrogen (secondary N) is 1. The molecule has 5 heteroatoms. The van der Waals surface area contributed by atoms with E-state index in [0.717, 1.165) is 38.0 Å². The van der Waals surface area contributed by atoms with Gasteiger partial charge in [-0.25, -0.2) is 0 Å². The molecule has 4 rings (SSSR count). The second kappa shape index (κ2) is 7.53. The normalized spacial score (nSPS) is 21.6.